The minimum atomic E-state index is -1.75. The largest absolute Gasteiger partial charge is 2.00 e. The Morgan fingerprint density at radius 2 is 0.444 bits per heavy atom. The van der Waals surface area contributed by atoms with Crippen LogP contribution >= 0.6 is 0 Å². The van der Waals surface area contributed by atoms with Gasteiger partial charge in [0.05, 0.1) is 20.3 Å². The zero-order valence-electron chi connectivity index (χ0n) is 7.89. The van der Waals surface area contributed by atoms with E-state index in [1.807, 2.05) is 0 Å². The molecule has 2 radical (unpaired) electrons. The normalized spacial score (nSPS) is 5.33. The van der Waals surface area contributed by atoms with Crippen LogP contribution in [0.3, 0.4) is 0 Å². The number of hydrogen-bond donors (Lipinski definition) is 0. The van der Waals surface area contributed by atoms with E-state index < -0.39 is 20.3 Å². The molecule has 0 fully saturated rings. The molecule has 0 rings (SSSR count). The second-order valence-electron chi connectivity index (χ2n) is 0.894. The van der Waals surface area contributed by atoms with Crippen molar-refractivity contribution in [2.45, 2.75) is 0 Å². The van der Waals surface area contributed by atoms with Gasteiger partial charge in [-0.2, -0.15) is 0 Å². The quantitative estimate of drug-likeness (QED) is 0.204. The van der Waals surface area contributed by atoms with Crippen molar-refractivity contribution in [2.75, 3.05) is 0 Å². The van der Waals surface area contributed by atoms with Gasteiger partial charge < -0.3 is 61.3 Å². The number of rotatable bonds is 0. The van der Waals surface area contributed by atoms with Crippen LogP contribution < -0.4 is 0 Å². The van der Waals surface area contributed by atoms with Crippen LogP contribution in [-0.4, -0.2) is 47.6 Å². The molecule has 0 aromatic heterocycles. The number of hydrogen-bond acceptors (Lipinski definition) is 12. The molecular formula is N4O12PbZn. The van der Waals surface area contributed by atoms with Gasteiger partial charge in [-0.25, -0.2) is 0 Å². The second-order valence-corrected chi connectivity index (χ2v) is 0.894. The molecule has 0 heterocycles. The van der Waals surface area contributed by atoms with E-state index in [1.165, 1.54) is 0 Å². The van der Waals surface area contributed by atoms with Crippen LogP contribution in [0.15, 0.2) is 0 Å². The molecular weight excluding hydrogens is 521 g/mol. The molecule has 0 bridgehead atoms. The van der Waals surface area contributed by atoms with E-state index in [0.717, 1.165) is 0 Å². The summed E-state index contributed by atoms with van der Waals surface area (Å²) in [6.07, 6.45) is 0. The van der Waals surface area contributed by atoms with E-state index >= 15 is 0 Å². The third kappa shape index (κ3) is 933. The van der Waals surface area contributed by atoms with Crippen molar-refractivity contribution < 1.29 is 39.8 Å². The van der Waals surface area contributed by atoms with E-state index in [9.17, 15) is 0 Å². The maximum atomic E-state index is 8.25. The van der Waals surface area contributed by atoms with E-state index in [1.54, 1.807) is 0 Å². The first kappa shape index (κ1) is 36.0. The molecule has 0 saturated carbocycles. The summed E-state index contributed by atoms with van der Waals surface area (Å²) in [5.41, 5.74) is 0. The molecule has 0 unspecified atom stereocenters. The Morgan fingerprint density at radius 1 is 0.444 bits per heavy atom. The van der Waals surface area contributed by atoms with Crippen molar-refractivity contribution >= 4 is 27.3 Å². The van der Waals surface area contributed by atoms with Crippen LogP contribution in [0.5, 0.6) is 0 Å². The summed E-state index contributed by atoms with van der Waals surface area (Å²) in [6, 6.07) is 0. The summed E-state index contributed by atoms with van der Waals surface area (Å²) in [7, 11) is 0. The molecule has 0 aliphatic heterocycles. The Labute approximate surface area is 128 Å². The van der Waals surface area contributed by atoms with Gasteiger partial charge in [-0.1, -0.05) is 0 Å². The van der Waals surface area contributed by atoms with Gasteiger partial charge >= 0.3 is 46.8 Å². The Morgan fingerprint density at radius 3 is 0.444 bits per heavy atom. The Kier molecular flexibility index (Phi) is 59.0. The third-order valence-electron chi connectivity index (χ3n) is 0. The van der Waals surface area contributed by atoms with E-state index in [4.69, 9.17) is 61.3 Å². The summed E-state index contributed by atoms with van der Waals surface area (Å²) < 4.78 is 0. The van der Waals surface area contributed by atoms with Gasteiger partial charge in [0, 0.05) is 0 Å². The molecule has 18 heteroatoms. The van der Waals surface area contributed by atoms with Gasteiger partial charge in [-0.3, -0.25) is 0 Å². The first-order valence-corrected chi connectivity index (χ1v) is 2.19. The van der Waals surface area contributed by atoms with Crippen LogP contribution in [0, 0.1) is 61.3 Å². The maximum absolute atomic E-state index is 8.25. The molecule has 0 atom stereocenters. The molecule has 98 valence electrons. The number of nitrogens with zero attached hydrogens (tertiary/aromatic N) is 4. The average molecular weight is 521 g/mol. The summed E-state index contributed by atoms with van der Waals surface area (Å²) in [5.74, 6) is 0. The van der Waals surface area contributed by atoms with Gasteiger partial charge in [0.25, 0.3) is 0 Å². The monoisotopic (exact) mass is 520 g/mol. The Bertz CT molecular complexity index is 164. The molecule has 18 heavy (non-hydrogen) atoms. The first-order chi connectivity index (χ1) is 6.93. The van der Waals surface area contributed by atoms with Crippen molar-refractivity contribution in [3.63, 3.8) is 0 Å². The predicted molar refractivity (Wildman–Crippen MR) is 47.2 cm³/mol. The molecule has 16 nitrogen and oxygen atoms in total. The van der Waals surface area contributed by atoms with Gasteiger partial charge in [-0.05, 0) is 0 Å². The zero-order valence-corrected chi connectivity index (χ0v) is 14.7. The molecule has 0 amide bonds. The summed E-state index contributed by atoms with van der Waals surface area (Å²) >= 11 is 0. The van der Waals surface area contributed by atoms with Gasteiger partial charge in [-0.15, -0.1) is 0 Å². The Balaban J connectivity index is -0.0000000257. The molecule has 0 aromatic carbocycles. The molecule has 0 aliphatic carbocycles. The second kappa shape index (κ2) is 29.5. The van der Waals surface area contributed by atoms with Gasteiger partial charge in [0.1, 0.15) is 0 Å². The minimum absolute atomic E-state index is 0. The molecule has 0 aliphatic rings. The standard InChI is InChI=1S/4NO3.Pb.Zn/c4*2-1(3)4;;/q4*-1;2*+2. The fourth-order valence-electron chi connectivity index (χ4n) is 0. The third-order valence-corrected chi connectivity index (χ3v) is 0. The van der Waals surface area contributed by atoms with E-state index in [2.05, 4.69) is 0 Å². The zero-order chi connectivity index (χ0) is 14.3. The summed E-state index contributed by atoms with van der Waals surface area (Å²) in [6.45, 7) is 0. The predicted octanol–water partition coefficient (Wildman–Crippen LogP) is -1.34. The molecule has 0 N–H and O–H groups in total. The summed E-state index contributed by atoms with van der Waals surface area (Å²) in [5, 5.41) is 59.0. The van der Waals surface area contributed by atoms with Crippen molar-refractivity contribution in [1.29, 1.82) is 0 Å². The van der Waals surface area contributed by atoms with Gasteiger partial charge in [0.2, 0.25) is 0 Å². The van der Waals surface area contributed by atoms with Crippen LogP contribution in [0.2, 0.25) is 0 Å². The fourth-order valence-corrected chi connectivity index (χ4v) is 0. The van der Waals surface area contributed by atoms with Crippen molar-refractivity contribution in [3.8, 4) is 0 Å². The minimum Gasteiger partial charge on any atom is -0.356 e. The van der Waals surface area contributed by atoms with Crippen LogP contribution in [0.25, 0.3) is 0 Å². The average Bonchev–Trinajstić information content (AvgIpc) is 1.76. The molecule has 0 aromatic rings. The molecule has 0 spiro atoms. The van der Waals surface area contributed by atoms with Crippen LogP contribution in [0.1, 0.15) is 0 Å². The van der Waals surface area contributed by atoms with Gasteiger partial charge in [0.15, 0.2) is 0 Å². The Hall–Kier alpha value is -1.65. The first-order valence-electron chi connectivity index (χ1n) is 2.19. The molecule has 0 saturated heterocycles. The van der Waals surface area contributed by atoms with Crippen molar-refractivity contribution in [3.05, 3.63) is 61.3 Å². The van der Waals surface area contributed by atoms with Crippen LogP contribution in [0.4, 0.5) is 0 Å². The smallest absolute Gasteiger partial charge is 0.356 e. The van der Waals surface area contributed by atoms with E-state index in [0.29, 0.717) is 0 Å². The van der Waals surface area contributed by atoms with Crippen LogP contribution in [-0.2, 0) is 19.5 Å². The van der Waals surface area contributed by atoms with Crippen molar-refractivity contribution in [2.24, 2.45) is 0 Å². The fraction of sp³-hybridized carbons (Fsp3) is 0. The van der Waals surface area contributed by atoms with Crippen molar-refractivity contribution in [1.82, 2.24) is 0 Å². The SMILES string of the molecule is O=[N+]([O-])[O-].O=[N+]([O-])[O-].O=[N+]([O-])[O-].O=[N+]([O-])[O-].[Pb+2].[Zn+2]. The summed E-state index contributed by atoms with van der Waals surface area (Å²) in [4.78, 5) is 33.0. The maximum Gasteiger partial charge on any atom is 2.00 e. The topological polar surface area (TPSA) is 265 Å². The van der Waals surface area contributed by atoms with E-state index in [-0.39, 0.29) is 46.8 Å².